The second-order valence-corrected chi connectivity index (χ2v) is 6.18. The van der Waals surface area contributed by atoms with Gasteiger partial charge in [-0.25, -0.2) is 0 Å². The van der Waals surface area contributed by atoms with Gasteiger partial charge in [-0.05, 0) is 53.4 Å². The van der Waals surface area contributed by atoms with Crippen molar-refractivity contribution in [3.05, 3.63) is 28.2 Å². The third kappa shape index (κ3) is 2.68. The summed E-state index contributed by atoms with van der Waals surface area (Å²) in [7, 11) is 0. The molecular formula is C13H16BrNOS. The molecule has 2 nitrogen and oxygen atoms in total. The second-order valence-electron chi connectivity index (χ2n) is 4.81. The Bertz CT molecular complexity index is 449. The Morgan fingerprint density at radius 1 is 1.47 bits per heavy atom. The van der Waals surface area contributed by atoms with E-state index in [1.807, 2.05) is 23.1 Å². The molecule has 1 aromatic rings. The summed E-state index contributed by atoms with van der Waals surface area (Å²) in [6.07, 6.45) is 1.09. The van der Waals surface area contributed by atoms with Crippen LogP contribution in [0.1, 0.15) is 30.6 Å². The van der Waals surface area contributed by atoms with Crippen LogP contribution in [0.15, 0.2) is 27.6 Å². The van der Waals surface area contributed by atoms with Crippen molar-refractivity contribution < 1.29 is 4.79 Å². The summed E-state index contributed by atoms with van der Waals surface area (Å²) in [5, 5.41) is 0. The van der Waals surface area contributed by atoms with Crippen molar-refractivity contribution in [3.8, 4) is 0 Å². The molecule has 1 fully saturated rings. The molecule has 0 saturated carbocycles. The first kappa shape index (κ1) is 13.0. The Morgan fingerprint density at radius 2 is 2.18 bits per heavy atom. The van der Waals surface area contributed by atoms with Gasteiger partial charge in [0.1, 0.15) is 0 Å². The van der Waals surface area contributed by atoms with Crippen LogP contribution in [0.3, 0.4) is 0 Å². The molecule has 0 bridgehead atoms. The highest BCUT2D eigenvalue weighted by Crippen LogP contribution is 2.27. The Balaban J connectivity index is 2.28. The SMILES string of the molecule is CC1CC(C)N(C(=O)c2cc(S)ccc2Br)C1. The summed E-state index contributed by atoms with van der Waals surface area (Å²) in [4.78, 5) is 15.2. The van der Waals surface area contributed by atoms with E-state index in [-0.39, 0.29) is 5.91 Å². The molecule has 0 aromatic heterocycles. The predicted octanol–water partition coefficient (Wildman–Crippen LogP) is 3.61. The Hall–Kier alpha value is -0.480. The van der Waals surface area contributed by atoms with Crippen LogP contribution in [0.5, 0.6) is 0 Å². The molecule has 2 unspecified atom stereocenters. The number of hydrogen-bond acceptors (Lipinski definition) is 2. The number of nitrogens with zero attached hydrogens (tertiary/aromatic N) is 1. The molecule has 92 valence electrons. The molecule has 0 aliphatic carbocycles. The lowest BCUT2D eigenvalue weighted by atomic mass is 10.1. The summed E-state index contributed by atoms with van der Waals surface area (Å²) in [5.74, 6) is 0.691. The van der Waals surface area contributed by atoms with E-state index in [1.54, 1.807) is 0 Å². The van der Waals surface area contributed by atoms with Crippen molar-refractivity contribution in [3.63, 3.8) is 0 Å². The van der Waals surface area contributed by atoms with Gasteiger partial charge in [0.25, 0.3) is 5.91 Å². The van der Waals surface area contributed by atoms with Gasteiger partial charge in [-0.2, -0.15) is 0 Å². The summed E-state index contributed by atoms with van der Waals surface area (Å²) in [5.41, 5.74) is 0.707. The number of benzene rings is 1. The van der Waals surface area contributed by atoms with Gasteiger partial charge in [0.05, 0.1) is 5.56 Å². The molecule has 1 heterocycles. The van der Waals surface area contributed by atoms with Gasteiger partial charge in [0.2, 0.25) is 0 Å². The second kappa shape index (κ2) is 5.02. The lowest BCUT2D eigenvalue weighted by Crippen LogP contribution is -2.34. The quantitative estimate of drug-likeness (QED) is 0.785. The number of thiol groups is 1. The third-order valence-corrected chi connectivity index (χ3v) is 4.19. The monoisotopic (exact) mass is 313 g/mol. The topological polar surface area (TPSA) is 20.3 Å². The third-order valence-electron chi connectivity index (χ3n) is 3.23. The summed E-state index contributed by atoms with van der Waals surface area (Å²) >= 11 is 7.72. The molecule has 0 spiro atoms. The van der Waals surface area contributed by atoms with E-state index >= 15 is 0 Å². The van der Waals surface area contributed by atoms with Crippen LogP contribution in [0.4, 0.5) is 0 Å². The molecule has 0 N–H and O–H groups in total. The van der Waals surface area contributed by atoms with Crippen molar-refractivity contribution in [2.75, 3.05) is 6.54 Å². The zero-order valence-electron chi connectivity index (χ0n) is 9.98. The molecule has 2 atom stereocenters. The van der Waals surface area contributed by atoms with E-state index in [0.29, 0.717) is 17.5 Å². The largest absolute Gasteiger partial charge is 0.336 e. The standard InChI is InChI=1S/C13H16BrNOS/c1-8-5-9(2)15(7-8)13(16)11-6-10(17)3-4-12(11)14/h3-4,6,8-9,17H,5,7H2,1-2H3. The minimum Gasteiger partial charge on any atom is -0.336 e. The molecule has 0 radical (unpaired) electrons. The molecule has 1 aliphatic heterocycles. The van der Waals surface area contributed by atoms with Crippen molar-refractivity contribution in [2.45, 2.75) is 31.2 Å². The number of carbonyl (C=O) groups is 1. The predicted molar refractivity (Wildman–Crippen MR) is 75.7 cm³/mol. The van der Waals surface area contributed by atoms with Gasteiger partial charge >= 0.3 is 0 Å². The number of carbonyl (C=O) groups excluding carboxylic acids is 1. The van der Waals surface area contributed by atoms with E-state index in [2.05, 4.69) is 42.4 Å². The van der Waals surface area contributed by atoms with E-state index in [9.17, 15) is 4.79 Å². The highest BCUT2D eigenvalue weighted by atomic mass is 79.9. The van der Waals surface area contributed by atoms with Crippen molar-refractivity contribution in [1.29, 1.82) is 0 Å². The first-order chi connectivity index (χ1) is 7.99. The summed E-state index contributed by atoms with van der Waals surface area (Å²) in [6, 6.07) is 5.90. The van der Waals surface area contributed by atoms with Gasteiger partial charge in [0, 0.05) is 22.0 Å². The maximum atomic E-state index is 12.4. The molecule has 1 saturated heterocycles. The fourth-order valence-electron chi connectivity index (χ4n) is 2.41. The van der Waals surface area contributed by atoms with Crippen molar-refractivity contribution >= 4 is 34.5 Å². The van der Waals surface area contributed by atoms with Crippen LogP contribution < -0.4 is 0 Å². The van der Waals surface area contributed by atoms with Gasteiger partial charge in [-0.1, -0.05) is 6.92 Å². The van der Waals surface area contributed by atoms with Crippen LogP contribution in [0.2, 0.25) is 0 Å². The zero-order valence-corrected chi connectivity index (χ0v) is 12.5. The van der Waals surface area contributed by atoms with Gasteiger partial charge in [0.15, 0.2) is 0 Å². The average molecular weight is 314 g/mol. The lowest BCUT2D eigenvalue weighted by molar-refractivity contribution is 0.0742. The number of hydrogen-bond donors (Lipinski definition) is 1. The molecule has 1 aromatic carbocycles. The number of halogens is 1. The minimum absolute atomic E-state index is 0.102. The van der Waals surface area contributed by atoms with E-state index in [0.717, 1.165) is 22.3 Å². The van der Waals surface area contributed by atoms with Crippen LogP contribution in [-0.2, 0) is 0 Å². The van der Waals surface area contributed by atoms with E-state index < -0.39 is 0 Å². The Morgan fingerprint density at radius 3 is 2.76 bits per heavy atom. The Labute approximate surface area is 116 Å². The van der Waals surface area contributed by atoms with Gasteiger partial charge in [-0.3, -0.25) is 4.79 Å². The highest BCUT2D eigenvalue weighted by molar-refractivity contribution is 9.10. The number of likely N-dealkylation sites (tertiary alicyclic amines) is 1. The molecule has 2 rings (SSSR count). The lowest BCUT2D eigenvalue weighted by Gasteiger charge is -2.22. The van der Waals surface area contributed by atoms with Crippen LogP contribution in [-0.4, -0.2) is 23.4 Å². The maximum Gasteiger partial charge on any atom is 0.255 e. The minimum atomic E-state index is 0.102. The van der Waals surface area contributed by atoms with Crippen molar-refractivity contribution in [1.82, 2.24) is 4.90 Å². The smallest absolute Gasteiger partial charge is 0.255 e. The van der Waals surface area contributed by atoms with Gasteiger partial charge < -0.3 is 4.90 Å². The fraction of sp³-hybridized carbons (Fsp3) is 0.462. The van der Waals surface area contributed by atoms with E-state index in [1.165, 1.54) is 0 Å². The highest BCUT2D eigenvalue weighted by Gasteiger charge is 2.31. The first-order valence-electron chi connectivity index (χ1n) is 5.78. The fourth-order valence-corrected chi connectivity index (χ4v) is 3.03. The van der Waals surface area contributed by atoms with E-state index in [4.69, 9.17) is 0 Å². The molecule has 4 heteroatoms. The summed E-state index contributed by atoms with van der Waals surface area (Å²) < 4.78 is 0.840. The molecule has 1 amide bonds. The normalized spacial score (nSPS) is 24.1. The summed E-state index contributed by atoms with van der Waals surface area (Å²) in [6.45, 7) is 5.15. The zero-order chi connectivity index (χ0) is 12.6. The van der Waals surface area contributed by atoms with Crippen molar-refractivity contribution in [2.24, 2.45) is 5.92 Å². The molecule has 17 heavy (non-hydrogen) atoms. The Kier molecular flexibility index (Phi) is 3.83. The van der Waals surface area contributed by atoms with Crippen LogP contribution >= 0.6 is 28.6 Å². The molecular weight excluding hydrogens is 298 g/mol. The number of amides is 1. The first-order valence-corrected chi connectivity index (χ1v) is 7.02. The van der Waals surface area contributed by atoms with Crippen LogP contribution in [0, 0.1) is 5.92 Å². The maximum absolute atomic E-state index is 12.4. The van der Waals surface area contributed by atoms with Gasteiger partial charge in [-0.15, -0.1) is 12.6 Å². The molecule has 1 aliphatic rings. The van der Waals surface area contributed by atoms with Crippen LogP contribution in [0.25, 0.3) is 0 Å². The number of rotatable bonds is 1. The average Bonchev–Trinajstić information content (AvgIpc) is 2.60.